The maximum absolute atomic E-state index is 12.4. The third-order valence-corrected chi connectivity index (χ3v) is 3.37. The Bertz CT molecular complexity index is 452. The number of ether oxygens (including phenoxy) is 1. The van der Waals surface area contributed by atoms with Gasteiger partial charge in [-0.05, 0) is 12.8 Å². The molecular formula is C13H23N5O4. The van der Waals surface area contributed by atoms with Crippen LogP contribution in [0, 0.1) is 0 Å². The number of nitrogens with two attached hydrogens (primary N) is 1. The SMILES string of the molecule is CN=C[C@H](CC(=O)OC)NC(=O)[C@@H]1CCCN1C(=O)N(C)N. The Kier molecular flexibility index (Phi) is 6.77. The van der Waals surface area contributed by atoms with Gasteiger partial charge in [-0.25, -0.2) is 10.6 Å². The molecule has 0 aromatic carbocycles. The average molecular weight is 313 g/mol. The minimum atomic E-state index is -0.594. The van der Waals surface area contributed by atoms with Crippen LogP contribution in [0.5, 0.6) is 0 Å². The molecule has 1 aliphatic rings. The normalized spacial score (nSPS) is 19.1. The fourth-order valence-electron chi connectivity index (χ4n) is 2.33. The van der Waals surface area contributed by atoms with E-state index in [1.165, 1.54) is 25.3 Å². The van der Waals surface area contributed by atoms with Crippen LogP contribution in [0.3, 0.4) is 0 Å². The number of amides is 3. The third kappa shape index (κ3) is 4.69. The summed E-state index contributed by atoms with van der Waals surface area (Å²) in [5.41, 5.74) is 0. The predicted molar refractivity (Wildman–Crippen MR) is 80.1 cm³/mol. The van der Waals surface area contributed by atoms with Gasteiger partial charge in [-0.3, -0.25) is 19.6 Å². The number of carbonyl (C=O) groups excluding carboxylic acids is 3. The van der Waals surface area contributed by atoms with Crippen molar-refractivity contribution in [1.82, 2.24) is 15.2 Å². The van der Waals surface area contributed by atoms with Crippen molar-refractivity contribution in [3.8, 4) is 0 Å². The molecule has 0 aromatic rings. The Morgan fingerprint density at radius 1 is 1.55 bits per heavy atom. The highest BCUT2D eigenvalue weighted by molar-refractivity contribution is 5.90. The van der Waals surface area contributed by atoms with E-state index in [1.807, 2.05) is 0 Å². The largest absolute Gasteiger partial charge is 0.469 e. The number of aliphatic imine (C=N–C) groups is 1. The molecule has 1 aliphatic heterocycles. The van der Waals surface area contributed by atoms with E-state index in [-0.39, 0.29) is 12.3 Å². The molecule has 0 unspecified atom stereocenters. The number of methoxy groups -OCH3 is 1. The zero-order chi connectivity index (χ0) is 16.7. The molecule has 0 aliphatic carbocycles. The van der Waals surface area contributed by atoms with E-state index in [0.717, 1.165) is 11.4 Å². The van der Waals surface area contributed by atoms with Gasteiger partial charge in [-0.1, -0.05) is 0 Å². The average Bonchev–Trinajstić information content (AvgIpc) is 2.95. The van der Waals surface area contributed by atoms with Crippen LogP contribution in [-0.4, -0.2) is 73.9 Å². The summed E-state index contributed by atoms with van der Waals surface area (Å²) in [6.07, 6.45) is 2.73. The number of hydrogen-bond acceptors (Lipinski definition) is 6. The van der Waals surface area contributed by atoms with Gasteiger partial charge in [0, 0.05) is 26.9 Å². The molecule has 1 saturated heterocycles. The van der Waals surface area contributed by atoms with Crippen LogP contribution in [-0.2, 0) is 14.3 Å². The van der Waals surface area contributed by atoms with Crippen LogP contribution in [0.4, 0.5) is 4.79 Å². The lowest BCUT2D eigenvalue weighted by atomic mass is 10.1. The van der Waals surface area contributed by atoms with Crippen LogP contribution < -0.4 is 11.2 Å². The van der Waals surface area contributed by atoms with Crippen molar-refractivity contribution >= 4 is 24.1 Å². The van der Waals surface area contributed by atoms with Gasteiger partial charge in [0.1, 0.15) is 6.04 Å². The standard InChI is InChI=1S/C13H23N5O4/c1-15-8-9(7-11(19)22-3)16-12(20)10-5-4-6-18(10)13(21)17(2)14/h8-10H,4-7,14H2,1-3H3,(H,16,20)/t9-,10-/m0/s1. The maximum Gasteiger partial charge on any atom is 0.334 e. The molecule has 3 N–H and O–H groups in total. The first-order chi connectivity index (χ1) is 10.4. The molecule has 22 heavy (non-hydrogen) atoms. The Morgan fingerprint density at radius 3 is 2.77 bits per heavy atom. The second-order valence-corrected chi connectivity index (χ2v) is 5.05. The van der Waals surface area contributed by atoms with Crippen molar-refractivity contribution < 1.29 is 19.1 Å². The van der Waals surface area contributed by atoms with Crippen molar-refractivity contribution in [2.45, 2.75) is 31.3 Å². The van der Waals surface area contributed by atoms with Gasteiger partial charge in [0.15, 0.2) is 0 Å². The van der Waals surface area contributed by atoms with Crippen LogP contribution in [0.15, 0.2) is 4.99 Å². The van der Waals surface area contributed by atoms with Crippen molar-refractivity contribution in [3.05, 3.63) is 0 Å². The summed E-state index contributed by atoms with van der Waals surface area (Å²) in [5, 5.41) is 3.66. The quantitative estimate of drug-likeness (QED) is 0.225. The van der Waals surface area contributed by atoms with Gasteiger partial charge in [0.2, 0.25) is 5.91 Å². The van der Waals surface area contributed by atoms with Crippen molar-refractivity contribution in [2.24, 2.45) is 10.8 Å². The van der Waals surface area contributed by atoms with Gasteiger partial charge in [-0.15, -0.1) is 0 Å². The van der Waals surface area contributed by atoms with E-state index in [4.69, 9.17) is 5.84 Å². The smallest absolute Gasteiger partial charge is 0.334 e. The number of hydrazine groups is 1. The van der Waals surface area contributed by atoms with Crippen molar-refractivity contribution in [2.75, 3.05) is 27.7 Å². The Balaban J connectivity index is 2.72. The first-order valence-corrected chi connectivity index (χ1v) is 6.99. The van der Waals surface area contributed by atoms with Gasteiger partial charge in [0.25, 0.3) is 0 Å². The van der Waals surface area contributed by atoms with Crippen LogP contribution >= 0.6 is 0 Å². The topological polar surface area (TPSA) is 117 Å². The number of urea groups is 1. The fourth-order valence-corrected chi connectivity index (χ4v) is 2.33. The Labute approximate surface area is 129 Å². The monoisotopic (exact) mass is 313 g/mol. The summed E-state index contributed by atoms with van der Waals surface area (Å²) >= 11 is 0. The molecule has 0 saturated carbocycles. The number of nitrogens with zero attached hydrogens (tertiary/aromatic N) is 3. The van der Waals surface area contributed by atoms with Crippen molar-refractivity contribution in [3.63, 3.8) is 0 Å². The van der Waals surface area contributed by atoms with Crippen LogP contribution in [0.2, 0.25) is 0 Å². The summed E-state index contributed by atoms with van der Waals surface area (Å²) < 4.78 is 4.59. The number of rotatable bonds is 5. The summed E-state index contributed by atoms with van der Waals surface area (Å²) in [6.45, 7) is 0.474. The number of hydrogen-bond donors (Lipinski definition) is 2. The zero-order valence-corrected chi connectivity index (χ0v) is 13.1. The van der Waals surface area contributed by atoms with Gasteiger partial charge in [-0.2, -0.15) is 0 Å². The summed E-state index contributed by atoms with van der Waals surface area (Å²) in [4.78, 5) is 40.9. The fraction of sp³-hybridized carbons (Fsp3) is 0.692. The first-order valence-electron chi connectivity index (χ1n) is 6.99. The first kappa shape index (κ1) is 17.9. The molecular weight excluding hydrogens is 290 g/mol. The number of esters is 1. The summed E-state index contributed by atoms with van der Waals surface area (Å²) in [7, 11) is 4.25. The lowest BCUT2D eigenvalue weighted by Crippen LogP contribution is -2.53. The molecule has 3 amide bonds. The molecule has 0 aromatic heterocycles. The van der Waals surface area contributed by atoms with Crippen LogP contribution in [0.1, 0.15) is 19.3 Å². The molecule has 1 rings (SSSR count). The van der Waals surface area contributed by atoms with E-state index < -0.39 is 24.1 Å². The van der Waals surface area contributed by atoms with E-state index in [1.54, 1.807) is 7.05 Å². The molecule has 9 heteroatoms. The summed E-state index contributed by atoms with van der Waals surface area (Å²) in [5.74, 6) is 4.65. The van der Waals surface area contributed by atoms with Gasteiger partial charge in [0.05, 0.1) is 19.6 Å². The number of carbonyl (C=O) groups is 3. The minimum Gasteiger partial charge on any atom is -0.469 e. The van der Waals surface area contributed by atoms with E-state index in [9.17, 15) is 14.4 Å². The third-order valence-electron chi connectivity index (χ3n) is 3.37. The Hall–Kier alpha value is -2.16. The number of likely N-dealkylation sites (tertiary alicyclic amines) is 1. The van der Waals surface area contributed by atoms with E-state index in [2.05, 4.69) is 15.0 Å². The molecule has 0 bridgehead atoms. The summed E-state index contributed by atoms with van der Waals surface area (Å²) in [6, 6.07) is -1.58. The highest BCUT2D eigenvalue weighted by Crippen LogP contribution is 2.18. The molecule has 1 heterocycles. The highest BCUT2D eigenvalue weighted by Gasteiger charge is 2.35. The number of nitrogens with one attached hydrogen (secondary N) is 1. The maximum atomic E-state index is 12.4. The van der Waals surface area contributed by atoms with E-state index in [0.29, 0.717) is 13.0 Å². The molecule has 0 radical (unpaired) electrons. The zero-order valence-electron chi connectivity index (χ0n) is 13.1. The van der Waals surface area contributed by atoms with Gasteiger partial charge >= 0.3 is 12.0 Å². The van der Waals surface area contributed by atoms with Crippen LogP contribution in [0.25, 0.3) is 0 Å². The Morgan fingerprint density at radius 2 is 2.23 bits per heavy atom. The second-order valence-electron chi connectivity index (χ2n) is 5.05. The van der Waals surface area contributed by atoms with E-state index >= 15 is 0 Å². The molecule has 0 spiro atoms. The minimum absolute atomic E-state index is 0.0168. The predicted octanol–water partition coefficient (Wildman–Crippen LogP) is -0.875. The molecule has 2 atom stereocenters. The highest BCUT2D eigenvalue weighted by atomic mass is 16.5. The van der Waals surface area contributed by atoms with Gasteiger partial charge < -0.3 is 15.0 Å². The second kappa shape index (κ2) is 8.32. The lowest BCUT2D eigenvalue weighted by molar-refractivity contribution is -0.140. The molecule has 124 valence electrons. The molecule has 1 fully saturated rings. The lowest BCUT2D eigenvalue weighted by Gasteiger charge is -2.27. The van der Waals surface area contributed by atoms with Crippen molar-refractivity contribution in [1.29, 1.82) is 0 Å². The molecule has 9 nitrogen and oxygen atoms in total.